The highest BCUT2D eigenvalue weighted by atomic mass is 16.4. The van der Waals surface area contributed by atoms with Gasteiger partial charge in [-0.3, -0.25) is 9.69 Å². The van der Waals surface area contributed by atoms with E-state index in [1.807, 2.05) is 0 Å². The molecule has 2 aromatic carbocycles. The predicted molar refractivity (Wildman–Crippen MR) is 155 cm³/mol. The topological polar surface area (TPSA) is 43.8 Å². The lowest BCUT2D eigenvalue weighted by Crippen LogP contribution is -2.46. The van der Waals surface area contributed by atoms with Gasteiger partial charge in [-0.25, -0.2) is 0 Å². The van der Waals surface area contributed by atoms with Gasteiger partial charge in [0.15, 0.2) is 0 Å². The summed E-state index contributed by atoms with van der Waals surface area (Å²) in [5, 5.41) is 10.3. The zero-order chi connectivity index (χ0) is 26.3. The van der Waals surface area contributed by atoms with Crippen molar-refractivity contribution in [3.63, 3.8) is 0 Å². The number of hydrogen-bond acceptors (Lipinski definition) is 3. The lowest BCUT2D eigenvalue weighted by atomic mass is 9.83. The van der Waals surface area contributed by atoms with Gasteiger partial charge in [0.25, 0.3) is 0 Å². The van der Waals surface area contributed by atoms with Crippen molar-refractivity contribution in [1.82, 2.24) is 9.80 Å². The van der Waals surface area contributed by atoms with Gasteiger partial charge in [-0.2, -0.15) is 0 Å². The fourth-order valence-electron chi connectivity index (χ4n) is 7.91. The van der Waals surface area contributed by atoms with Crippen LogP contribution in [0, 0.1) is 23.7 Å². The largest absolute Gasteiger partial charge is 0.480 e. The second-order valence-corrected chi connectivity index (χ2v) is 12.7. The summed E-state index contributed by atoms with van der Waals surface area (Å²) >= 11 is 0. The number of likely N-dealkylation sites (tertiary alicyclic amines) is 2. The van der Waals surface area contributed by atoms with Crippen molar-refractivity contribution in [2.45, 2.75) is 76.7 Å². The van der Waals surface area contributed by atoms with Crippen molar-refractivity contribution in [2.75, 3.05) is 32.7 Å². The highest BCUT2D eigenvalue weighted by molar-refractivity contribution is 5.74. The number of benzene rings is 2. The van der Waals surface area contributed by atoms with Gasteiger partial charge < -0.3 is 10.0 Å². The molecule has 206 valence electrons. The minimum atomic E-state index is -0.602. The van der Waals surface area contributed by atoms with E-state index < -0.39 is 5.97 Å². The highest BCUT2D eigenvalue weighted by Crippen LogP contribution is 2.39. The molecule has 0 aromatic heterocycles. The van der Waals surface area contributed by atoms with Crippen LogP contribution in [0.25, 0.3) is 0 Å². The lowest BCUT2D eigenvalue weighted by molar-refractivity contribution is -0.145. The van der Waals surface area contributed by atoms with Gasteiger partial charge in [-0.15, -0.1) is 0 Å². The molecule has 5 rings (SSSR count). The van der Waals surface area contributed by atoms with E-state index in [0.717, 1.165) is 44.3 Å². The standard InChI is InChI=1S/C34H48N2O2/c1-26(21-27-11-5-2-6-12-27)22-28-17-19-35(20-18-28)23-31-24-36(25-32(31)29-13-7-3-8-14-29)33(34(37)38)30-15-9-4-10-16-30/h2-3,5-8,11-14,26,28,30-33H,4,9-10,15-25H2,1H3,(H,37,38)/t26-,31?,32?,33?/m0/s1. The van der Waals surface area contributed by atoms with Gasteiger partial charge in [0.2, 0.25) is 0 Å². The Kier molecular flexibility index (Phi) is 9.56. The Balaban J connectivity index is 1.19. The fourth-order valence-corrected chi connectivity index (χ4v) is 7.91. The first kappa shape index (κ1) is 27.4. The van der Waals surface area contributed by atoms with Crippen LogP contribution in [0.3, 0.4) is 0 Å². The first-order valence-corrected chi connectivity index (χ1v) is 15.3. The summed E-state index contributed by atoms with van der Waals surface area (Å²) in [5.41, 5.74) is 2.85. The van der Waals surface area contributed by atoms with Crippen molar-refractivity contribution in [3.05, 3.63) is 71.8 Å². The molecular formula is C34H48N2O2. The first-order valence-electron chi connectivity index (χ1n) is 15.3. The summed E-state index contributed by atoms with van der Waals surface area (Å²) < 4.78 is 0. The Hall–Kier alpha value is -2.17. The van der Waals surface area contributed by atoms with Crippen LogP contribution in [-0.4, -0.2) is 59.6 Å². The van der Waals surface area contributed by atoms with Gasteiger partial charge in [0, 0.05) is 25.6 Å². The molecule has 4 heteroatoms. The van der Waals surface area contributed by atoms with Crippen molar-refractivity contribution in [1.29, 1.82) is 0 Å². The molecule has 1 aliphatic carbocycles. The number of piperidine rings is 1. The number of carboxylic acids is 1. The van der Waals surface area contributed by atoms with Gasteiger partial charge in [-0.05, 0) is 86.4 Å². The number of nitrogens with zero attached hydrogens (tertiary/aromatic N) is 2. The Labute approximate surface area is 230 Å². The van der Waals surface area contributed by atoms with E-state index in [-0.39, 0.29) is 6.04 Å². The molecule has 4 atom stereocenters. The monoisotopic (exact) mass is 516 g/mol. The van der Waals surface area contributed by atoms with Crippen LogP contribution in [0.1, 0.15) is 75.3 Å². The Morgan fingerprint density at radius 1 is 0.895 bits per heavy atom. The van der Waals surface area contributed by atoms with Gasteiger partial charge in [0.05, 0.1) is 0 Å². The molecule has 0 amide bonds. The molecule has 2 saturated heterocycles. The second kappa shape index (κ2) is 13.3. The van der Waals surface area contributed by atoms with Crippen LogP contribution in [0.15, 0.2) is 60.7 Å². The lowest BCUT2D eigenvalue weighted by Gasteiger charge is -2.36. The van der Waals surface area contributed by atoms with E-state index in [0.29, 0.717) is 17.8 Å². The maximum Gasteiger partial charge on any atom is 0.321 e. The maximum absolute atomic E-state index is 12.5. The first-order chi connectivity index (χ1) is 18.6. The smallest absolute Gasteiger partial charge is 0.321 e. The third-order valence-corrected chi connectivity index (χ3v) is 9.80. The summed E-state index contributed by atoms with van der Waals surface area (Å²) in [5.74, 6) is 2.19. The Morgan fingerprint density at radius 3 is 2.21 bits per heavy atom. The van der Waals surface area contributed by atoms with Gasteiger partial charge in [0.1, 0.15) is 6.04 Å². The van der Waals surface area contributed by atoms with Crippen LogP contribution in [0.2, 0.25) is 0 Å². The van der Waals surface area contributed by atoms with Crippen LogP contribution >= 0.6 is 0 Å². The number of aliphatic carboxylic acids is 1. The zero-order valence-electron chi connectivity index (χ0n) is 23.4. The molecule has 38 heavy (non-hydrogen) atoms. The van der Waals surface area contributed by atoms with Crippen LogP contribution in [-0.2, 0) is 11.2 Å². The predicted octanol–water partition coefficient (Wildman–Crippen LogP) is 6.72. The average molecular weight is 517 g/mol. The minimum Gasteiger partial charge on any atom is -0.480 e. The summed E-state index contributed by atoms with van der Waals surface area (Å²) in [6, 6.07) is 21.5. The molecular weight excluding hydrogens is 468 g/mol. The van der Waals surface area contributed by atoms with Gasteiger partial charge >= 0.3 is 5.97 Å². The normalized spacial score (nSPS) is 25.8. The quantitative estimate of drug-likeness (QED) is 0.381. The number of carbonyl (C=O) groups is 1. The number of hydrogen-bond donors (Lipinski definition) is 1. The third-order valence-electron chi connectivity index (χ3n) is 9.80. The van der Waals surface area contributed by atoms with E-state index >= 15 is 0 Å². The summed E-state index contributed by atoms with van der Waals surface area (Å²) in [6.07, 6.45) is 10.9. The summed E-state index contributed by atoms with van der Waals surface area (Å²) in [6.45, 7) is 7.69. The molecule has 0 bridgehead atoms. The average Bonchev–Trinajstić information content (AvgIpc) is 3.34. The van der Waals surface area contributed by atoms with Crippen molar-refractivity contribution >= 4 is 5.97 Å². The van der Waals surface area contributed by atoms with E-state index in [9.17, 15) is 9.90 Å². The summed E-state index contributed by atoms with van der Waals surface area (Å²) in [4.78, 5) is 17.6. The van der Waals surface area contributed by atoms with Gasteiger partial charge in [-0.1, -0.05) is 86.8 Å². The third kappa shape index (κ3) is 7.07. The van der Waals surface area contributed by atoms with Crippen molar-refractivity contribution < 1.29 is 9.90 Å². The second-order valence-electron chi connectivity index (χ2n) is 12.7. The zero-order valence-corrected chi connectivity index (χ0v) is 23.4. The number of carboxylic acid groups (broad SMARTS) is 1. The van der Waals surface area contributed by atoms with Crippen molar-refractivity contribution in [2.24, 2.45) is 23.7 Å². The molecule has 0 radical (unpaired) electrons. The molecule has 2 aliphatic heterocycles. The molecule has 3 unspecified atom stereocenters. The molecule has 3 aliphatic rings. The van der Waals surface area contributed by atoms with E-state index in [2.05, 4.69) is 77.4 Å². The van der Waals surface area contributed by atoms with E-state index in [1.165, 1.54) is 69.2 Å². The maximum atomic E-state index is 12.5. The van der Waals surface area contributed by atoms with Crippen LogP contribution in [0.4, 0.5) is 0 Å². The fraction of sp³-hybridized carbons (Fsp3) is 0.618. The van der Waals surface area contributed by atoms with Crippen LogP contribution < -0.4 is 0 Å². The SMILES string of the molecule is C[C@@H](Cc1ccccc1)CC1CCN(CC2CN(C(C(=O)O)C3CCCCC3)CC2c2ccccc2)CC1. The molecule has 0 spiro atoms. The molecule has 3 fully saturated rings. The number of rotatable bonds is 10. The van der Waals surface area contributed by atoms with E-state index in [1.54, 1.807) is 0 Å². The molecule has 2 heterocycles. The van der Waals surface area contributed by atoms with E-state index in [4.69, 9.17) is 0 Å². The molecule has 4 nitrogen and oxygen atoms in total. The van der Waals surface area contributed by atoms with Crippen LogP contribution in [0.5, 0.6) is 0 Å². The highest BCUT2D eigenvalue weighted by Gasteiger charge is 2.43. The minimum absolute atomic E-state index is 0.310. The molecule has 1 N–H and O–H groups in total. The Morgan fingerprint density at radius 2 is 1.55 bits per heavy atom. The molecule has 2 aromatic rings. The summed E-state index contributed by atoms with van der Waals surface area (Å²) in [7, 11) is 0. The Bertz CT molecular complexity index is 982. The van der Waals surface area contributed by atoms with Crippen molar-refractivity contribution in [3.8, 4) is 0 Å². The molecule has 1 saturated carbocycles.